The maximum absolute atomic E-state index is 2.32. The molecule has 0 aromatic carbocycles. The molecule has 0 aliphatic heterocycles. The molecule has 0 nitrogen and oxygen atoms in total. The Bertz CT molecular complexity index is 297. The Hall–Kier alpha value is 1.35. The number of rotatable bonds is 30. The minimum Gasteiger partial charge on any atom is -0.107 e. The molecule has 3 heteroatoms. The van der Waals surface area contributed by atoms with E-state index in [9.17, 15) is 0 Å². The van der Waals surface area contributed by atoms with Gasteiger partial charge in [0.05, 0.1) is 0 Å². The van der Waals surface area contributed by atoms with E-state index >= 15 is 0 Å². The molecule has 0 aromatic heterocycles. The molecular weight excluding hydrogens is 553 g/mol. The Morgan fingerprint density at radius 1 is 0.231 bits per heavy atom. The molecule has 0 spiro atoms. The summed E-state index contributed by atoms with van der Waals surface area (Å²) in [6.45, 7) is 13.9. The zero-order chi connectivity index (χ0) is 28.4. The van der Waals surface area contributed by atoms with Crippen LogP contribution in [0.2, 0.25) is 0 Å². The van der Waals surface area contributed by atoms with Crippen LogP contribution < -0.4 is 0 Å². The third-order valence-corrected chi connectivity index (χ3v) is 13.7. The molecule has 39 heavy (non-hydrogen) atoms. The summed E-state index contributed by atoms with van der Waals surface area (Å²) in [4.78, 5) is 0. The van der Waals surface area contributed by atoms with E-state index in [0.29, 0.717) is 15.8 Å². The van der Waals surface area contributed by atoms with E-state index in [4.69, 9.17) is 0 Å². The van der Waals surface area contributed by atoms with Crippen molar-refractivity contribution in [2.75, 3.05) is 37.0 Å². The fraction of sp³-hybridized carbons (Fsp3) is 1.00. The van der Waals surface area contributed by atoms with Gasteiger partial charge in [0, 0.05) is 16.5 Å². The summed E-state index contributed by atoms with van der Waals surface area (Å²) in [7, 11) is 0.779. The van der Waals surface area contributed by atoms with E-state index in [1.807, 2.05) is 0 Å². The molecule has 0 aromatic rings. The monoisotopic (exact) mass is 630 g/mol. The molecule has 0 bridgehead atoms. The number of hydrogen-bond acceptors (Lipinski definition) is 0. The van der Waals surface area contributed by atoms with Gasteiger partial charge < -0.3 is 0 Å². The Morgan fingerprint density at radius 2 is 0.385 bits per heavy atom. The first kappa shape index (κ1) is 44.8. The summed E-state index contributed by atoms with van der Waals surface area (Å²) >= 11 is 0. The van der Waals surface area contributed by atoms with Crippen molar-refractivity contribution in [3.63, 3.8) is 0 Å². The summed E-state index contributed by atoms with van der Waals surface area (Å²) in [6.07, 6.45) is 44.5. The smallest absolute Gasteiger partial charge is 0 e. The summed E-state index contributed by atoms with van der Waals surface area (Å²) in [6, 6.07) is 0. The van der Waals surface area contributed by atoms with Gasteiger partial charge in [-0.3, -0.25) is 0 Å². The third-order valence-electron chi connectivity index (χ3n) is 7.97. The maximum Gasteiger partial charge on any atom is 0 e. The van der Waals surface area contributed by atoms with Gasteiger partial charge in [-0.25, -0.2) is 0 Å². The van der Waals surface area contributed by atoms with Crippen LogP contribution in [0.5, 0.6) is 0 Å². The Balaban J connectivity index is -0.000000648. The number of hydrogen-bond donors (Lipinski definition) is 0. The van der Waals surface area contributed by atoms with Gasteiger partial charge in [-0.05, 0) is 75.5 Å². The molecule has 0 fully saturated rings. The van der Waals surface area contributed by atoms with Gasteiger partial charge in [-0.2, -0.15) is 0 Å². The molecule has 0 unspecified atom stereocenters. The first-order chi connectivity index (χ1) is 18.7. The standard InChI is InChI=1S/2C18H39P.Ni/c2*1-4-7-10-13-16-19(17-14-11-8-5-2)18-15-12-9-6-3;/h2*4-18H2,1-3H3;. The molecule has 0 saturated carbocycles. The fourth-order valence-corrected chi connectivity index (χ4v) is 10.6. The summed E-state index contributed by atoms with van der Waals surface area (Å²) in [5, 5.41) is 0. The average molecular weight is 632 g/mol. The van der Waals surface area contributed by atoms with Crippen LogP contribution in [0.15, 0.2) is 0 Å². The van der Waals surface area contributed by atoms with Crippen molar-refractivity contribution in [3.8, 4) is 0 Å². The fourth-order valence-electron chi connectivity index (χ4n) is 5.24. The van der Waals surface area contributed by atoms with Crippen LogP contribution in [0.25, 0.3) is 0 Å². The summed E-state index contributed by atoms with van der Waals surface area (Å²) in [5.74, 6) is 0. The van der Waals surface area contributed by atoms with Crippen molar-refractivity contribution in [2.45, 2.75) is 196 Å². The summed E-state index contributed by atoms with van der Waals surface area (Å²) < 4.78 is 0. The van der Waals surface area contributed by atoms with Gasteiger partial charge in [0.15, 0.2) is 0 Å². The van der Waals surface area contributed by atoms with Gasteiger partial charge in [-0.1, -0.05) is 157 Å². The quantitative estimate of drug-likeness (QED) is 0.0420. The molecule has 0 radical (unpaired) electrons. The van der Waals surface area contributed by atoms with Crippen LogP contribution in [0.4, 0.5) is 0 Å². The van der Waals surface area contributed by atoms with Crippen LogP contribution in [-0.4, -0.2) is 37.0 Å². The maximum atomic E-state index is 2.32. The SMILES string of the molecule is CCCCCCP(CCCCCC)CCCCCC.CCCCCCP(CCCCCC)CCCCCC.[Ni]. The zero-order valence-corrected chi connectivity index (χ0v) is 31.2. The predicted molar refractivity (Wildman–Crippen MR) is 188 cm³/mol. The zero-order valence-electron chi connectivity index (χ0n) is 28.4. The molecule has 0 aliphatic carbocycles. The topological polar surface area (TPSA) is 0 Å². The van der Waals surface area contributed by atoms with Gasteiger partial charge in [0.25, 0.3) is 0 Å². The molecular formula is C36H78NiP2. The molecule has 242 valence electrons. The molecule has 0 saturated heterocycles. The van der Waals surface area contributed by atoms with Crippen molar-refractivity contribution < 1.29 is 16.5 Å². The summed E-state index contributed by atoms with van der Waals surface area (Å²) in [5.41, 5.74) is 0. The third kappa shape index (κ3) is 39.4. The normalized spacial score (nSPS) is 11.1. The molecule has 0 N–H and O–H groups in total. The van der Waals surface area contributed by atoms with Crippen LogP contribution in [0, 0.1) is 0 Å². The van der Waals surface area contributed by atoms with Crippen molar-refractivity contribution in [1.82, 2.24) is 0 Å². The van der Waals surface area contributed by atoms with E-state index in [2.05, 4.69) is 41.5 Å². The van der Waals surface area contributed by atoms with E-state index in [1.54, 1.807) is 37.0 Å². The van der Waals surface area contributed by atoms with Gasteiger partial charge in [0.2, 0.25) is 0 Å². The Kier molecular flexibility index (Phi) is 47.6. The Morgan fingerprint density at radius 3 is 0.513 bits per heavy atom. The van der Waals surface area contributed by atoms with Crippen LogP contribution >= 0.6 is 15.8 Å². The van der Waals surface area contributed by atoms with E-state index in [0.717, 1.165) is 0 Å². The minimum absolute atomic E-state index is 0. The Labute approximate surface area is 264 Å². The molecule has 0 heterocycles. The van der Waals surface area contributed by atoms with Crippen LogP contribution in [0.3, 0.4) is 0 Å². The largest absolute Gasteiger partial charge is 0.107 e. The van der Waals surface area contributed by atoms with Crippen molar-refractivity contribution in [2.24, 2.45) is 0 Å². The molecule has 0 amide bonds. The molecule has 0 aliphatic rings. The van der Waals surface area contributed by atoms with E-state index in [1.165, 1.54) is 154 Å². The molecule has 0 atom stereocenters. The first-order valence-corrected chi connectivity index (χ1v) is 21.9. The van der Waals surface area contributed by atoms with Crippen molar-refractivity contribution in [1.29, 1.82) is 0 Å². The second-order valence-electron chi connectivity index (χ2n) is 12.0. The second kappa shape index (κ2) is 41.5. The van der Waals surface area contributed by atoms with Gasteiger partial charge >= 0.3 is 0 Å². The van der Waals surface area contributed by atoms with Gasteiger partial charge in [-0.15, -0.1) is 15.8 Å². The average Bonchev–Trinajstić information content (AvgIpc) is 2.93. The van der Waals surface area contributed by atoms with E-state index < -0.39 is 0 Å². The number of unbranched alkanes of at least 4 members (excludes halogenated alkanes) is 18. The van der Waals surface area contributed by atoms with Gasteiger partial charge in [0.1, 0.15) is 0 Å². The van der Waals surface area contributed by atoms with Crippen LogP contribution in [0.1, 0.15) is 196 Å². The van der Waals surface area contributed by atoms with Crippen molar-refractivity contribution in [3.05, 3.63) is 0 Å². The second-order valence-corrected chi connectivity index (χ2v) is 17.4. The predicted octanol–water partition coefficient (Wildman–Crippen LogP) is 14.4. The van der Waals surface area contributed by atoms with Crippen molar-refractivity contribution >= 4 is 15.8 Å². The molecule has 0 rings (SSSR count). The van der Waals surface area contributed by atoms with Crippen LogP contribution in [-0.2, 0) is 16.5 Å². The first-order valence-electron chi connectivity index (χ1n) is 18.1. The minimum atomic E-state index is 0. The van der Waals surface area contributed by atoms with E-state index in [-0.39, 0.29) is 16.5 Å².